The van der Waals surface area contributed by atoms with Crippen molar-refractivity contribution >= 4 is 8.80 Å². The SMILES string of the molecule is CCC(C)O[Si](C)(OC(C)CC)OC(CC)CCCCNCCN. The van der Waals surface area contributed by atoms with E-state index in [1.807, 2.05) is 0 Å². The Morgan fingerprint density at radius 3 is 1.92 bits per heavy atom. The molecule has 0 rings (SSSR count). The maximum Gasteiger partial charge on any atom is 0.498 e. The van der Waals surface area contributed by atoms with Crippen LogP contribution in [-0.4, -0.2) is 46.8 Å². The Morgan fingerprint density at radius 2 is 1.46 bits per heavy atom. The van der Waals surface area contributed by atoms with E-state index in [-0.39, 0.29) is 18.3 Å². The van der Waals surface area contributed by atoms with Gasteiger partial charge in [0.25, 0.3) is 0 Å². The van der Waals surface area contributed by atoms with Gasteiger partial charge in [0.2, 0.25) is 0 Å². The normalized spacial score (nSPS) is 18.1. The van der Waals surface area contributed by atoms with Crippen LogP contribution in [0.3, 0.4) is 0 Å². The highest BCUT2D eigenvalue weighted by atomic mass is 28.4. The van der Waals surface area contributed by atoms with Crippen LogP contribution in [0, 0.1) is 0 Å². The fourth-order valence-electron chi connectivity index (χ4n) is 2.48. The Bertz CT molecular complexity index is 283. The van der Waals surface area contributed by atoms with E-state index in [2.05, 4.69) is 46.5 Å². The van der Waals surface area contributed by atoms with E-state index in [1.165, 1.54) is 0 Å². The van der Waals surface area contributed by atoms with Crippen LogP contribution >= 0.6 is 0 Å². The second-order valence-electron chi connectivity index (χ2n) is 6.72. The number of nitrogens with one attached hydrogen (secondary N) is 1. The van der Waals surface area contributed by atoms with Crippen LogP contribution in [0.1, 0.15) is 73.1 Å². The Balaban J connectivity index is 4.47. The smallest absolute Gasteiger partial charge is 0.371 e. The Labute approximate surface area is 151 Å². The zero-order chi connectivity index (χ0) is 18.4. The standard InChI is InChI=1S/C18H42N2O3Si/c1-7-16(4)21-24(6,22-17(5)8-2)23-18(9-3)12-10-11-14-20-15-13-19/h16-18,20H,7-15,19H2,1-6H3. The zero-order valence-corrected chi connectivity index (χ0v) is 17.9. The third kappa shape index (κ3) is 11.6. The fraction of sp³-hybridized carbons (Fsp3) is 1.00. The Hall–Kier alpha value is 0.0169. The summed E-state index contributed by atoms with van der Waals surface area (Å²) in [5, 5.41) is 3.34. The minimum absolute atomic E-state index is 0.170. The molecule has 0 bridgehead atoms. The van der Waals surface area contributed by atoms with E-state index >= 15 is 0 Å². The third-order valence-corrected chi connectivity index (χ3v) is 6.69. The lowest BCUT2D eigenvalue weighted by Gasteiger charge is -2.34. The molecule has 24 heavy (non-hydrogen) atoms. The molecule has 0 aliphatic heterocycles. The first-order valence-corrected chi connectivity index (χ1v) is 12.1. The van der Waals surface area contributed by atoms with Gasteiger partial charge in [-0.05, 0) is 58.9 Å². The van der Waals surface area contributed by atoms with Crippen molar-refractivity contribution < 1.29 is 13.3 Å². The molecule has 0 saturated heterocycles. The minimum atomic E-state index is -2.61. The average Bonchev–Trinajstić information content (AvgIpc) is 2.56. The first-order valence-electron chi connectivity index (χ1n) is 9.84. The van der Waals surface area contributed by atoms with E-state index in [9.17, 15) is 0 Å². The second kappa shape index (κ2) is 14.2. The van der Waals surface area contributed by atoms with Crippen LogP contribution in [-0.2, 0) is 13.3 Å². The number of hydrogen-bond acceptors (Lipinski definition) is 5. The molecule has 3 N–H and O–H groups in total. The molecule has 0 aliphatic carbocycles. The summed E-state index contributed by atoms with van der Waals surface area (Å²) < 4.78 is 18.9. The van der Waals surface area contributed by atoms with Gasteiger partial charge in [-0.1, -0.05) is 20.8 Å². The van der Waals surface area contributed by atoms with Gasteiger partial charge < -0.3 is 24.3 Å². The number of unbranched alkanes of at least 4 members (excludes halogenated alkanes) is 1. The van der Waals surface area contributed by atoms with Crippen molar-refractivity contribution in [1.29, 1.82) is 0 Å². The summed E-state index contributed by atoms with van der Waals surface area (Å²) in [6.45, 7) is 15.3. The molecule has 6 heteroatoms. The van der Waals surface area contributed by atoms with Crippen LogP contribution in [0.5, 0.6) is 0 Å². The van der Waals surface area contributed by atoms with Gasteiger partial charge in [-0.15, -0.1) is 0 Å². The largest absolute Gasteiger partial charge is 0.498 e. The molecule has 0 aromatic rings. The Morgan fingerprint density at radius 1 is 0.875 bits per heavy atom. The summed E-state index contributed by atoms with van der Waals surface area (Å²) in [4.78, 5) is 0. The van der Waals surface area contributed by atoms with Crippen molar-refractivity contribution in [2.75, 3.05) is 19.6 Å². The van der Waals surface area contributed by atoms with Crippen LogP contribution in [0.2, 0.25) is 6.55 Å². The summed E-state index contributed by atoms with van der Waals surface area (Å²) >= 11 is 0. The third-order valence-electron chi connectivity index (χ3n) is 4.27. The molecule has 0 heterocycles. The summed E-state index contributed by atoms with van der Waals surface area (Å²) in [5.74, 6) is 0. The van der Waals surface area contributed by atoms with Gasteiger partial charge >= 0.3 is 8.80 Å². The number of rotatable bonds is 16. The molecule has 3 atom stereocenters. The van der Waals surface area contributed by atoms with Crippen molar-refractivity contribution in [2.24, 2.45) is 5.73 Å². The van der Waals surface area contributed by atoms with Gasteiger partial charge in [-0.2, -0.15) is 0 Å². The van der Waals surface area contributed by atoms with Crippen molar-refractivity contribution in [3.63, 3.8) is 0 Å². The van der Waals surface area contributed by atoms with Crippen LogP contribution < -0.4 is 11.1 Å². The molecule has 0 aromatic heterocycles. The van der Waals surface area contributed by atoms with Gasteiger partial charge in [0, 0.05) is 37.9 Å². The molecule has 0 aromatic carbocycles. The number of nitrogens with two attached hydrogens (primary N) is 1. The molecule has 0 aliphatic rings. The molecule has 0 saturated carbocycles. The minimum Gasteiger partial charge on any atom is -0.371 e. The van der Waals surface area contributed by atoms with E-state index < -0.39 is 8.80 Å². The zero-order valence-electron chi connectivity index (χ0n) is 16.9. The average molecular weight is 363 g/mol. The highest BCUT2D eigenvalue weighted by Gasteiger charge is 2.40. The van der Waals surface area contributed by atoms with E-state index in [4.69, 9.17) is 19.0 Å². The fourth-order valence-corrected chi connectivity index (χ4v) is 5.33. The van der Waals surface area contributed by atoms with Crippen molar-refractivity contribution in [3.05, 3.63) is 0 Å². The molecule has 0 radical (unpaired) electrons. The molecule has 5 nitrogen and oxygen atoms in total. The quantitative estimate of drug-likeness (QED) is 0.324. The van der Waals surface area contributed by atoms with E-state index in [1.54, 1.807) is 0 Å². The maximum atomic E-state index is 6.41. The first-order chi connectivity index (χ1) is 11.4. The first kappa shape index (κ1) is 24.0. The van der Waals surface area contributed by atoms with Crippen molar-refractivity contribution in [2.45, 2.75) is 98.0 Å². The lowest BCUT2D eigenvalue weighted by atomic mass is 10.1. The molecule has 3 unspecified atom stereocenters. The molecular weight excluding hydrogens is 320 g/mol. The summed E-state index contributed by atoms with van der Waals surface area (Å²) in [7, 11) is -2.61. The predicted molar refractivity (Wildman–Crippen MR) is 104 cm³/mol. The highest BCUT2D eigenvalue weighted by molar-refractivity contribution is 6.59. The van der Waals surface area contributed by atoms with Crippen molar-refractivity contribution in [3.8, 4) is 0 Å². The lowest BCUT2D eigenvalue weighted by Crippen LogP contribution is -2.49. The molecule has 0 spiro atoms. The van der Waals surface area contributed by atoms with Gasteiger partial charge in [-0.3, -0.25) is 0 Å². The van der Waals surface area contributed by atoms with E-state index in [0.717, 1.165) is 51.6 Å². The van der Waals surface area contributed by atoms with Crippen LogP contribution in [0.4, 0.5) is 0 Å². The predicted octanol–water partition coefficient (Wildman–Crippen LogP) is 3.70. The van der Waals surface area contributed by atoms with Gasteiger partial charge in [-0.25, -0.2) is 0 Å². The summed E-state index contributed by atoms with van der Waals surface area (Å²) in [6, 6.07) is 0. The molecule has 146 valence electrons. The van der Waals surface area contributed by atoms with Gasteiger partial charge in [0.05, 0.1) is 0 Å². The summed E-state index contributed by atoms with van der Waals surface area (Å²) in [6.07, 6.45) is 6.84. The highest BCUT2D eigenvalue weighted by Crippen LogP contribution is 2.22. The topological polar surface area (TPSA) is 65.7 Å². The molecule has 0 fully saturated rings. The number of hydrogen-bond donors (Lipinski definition) is 2. The monoisotopic (exact) mass is 362 g/mol. The van der Waals surface area contributed by atoms with E-state index in [0.29, 0.717) is 6.54 Å². The lowest BCUT2D eigenvalue weighted by molar-refractivity contribution is -0.0120. The van der Waals surface area contributed by atoms with Crippen LogP contribution in [0.25, 0.3) is 0 Å². The second-order valence-corrected chi connectivity index (χ2v) is 9.15. The Kier molecular flexibility index (Phi) is 14.2. The van der Waals surface area contributed by atoms with Crippen molar-refractivity contribution in [1.82, 2.24) is 5.32 Å². The van der Waals surface area contributed by atoms with Gasteiger partial charge in [0.15, 0.2) is 0 Å². The van der Waals surface area contributed by atoms with Crippen LogP contribution in [0.15, 0.2) is 0 Å². The maximum absolute atomic E-state index is 6.41. The molecular formula is C18H42N2O3Si. The molecule has 0 amide bonds. The van der Waals surface area contributed by atoms with Gasteiger partial charge in [0.1, 0.15) is 0 Å². The summed E-state index contributed by atoms with van der Waals surface area (Å²) in [5.41, 5.74) is 5.48.